The molecule has 0 bridgehead atoms. The Morgan fingerprint density at radius 3 is 2.65 bits per heavy atom. The number of ether oxygens (including phenoxy) is 2. The number of aliphatic hydroxyl groups is 1. The first kappa shape index (κ1) is 15.1. The van der Waals surface area contributed by atoms with Gasteiger partial charge in [-0.15, -0.1) is 0 Å². The molecule has 1 aromatic carbocycles. The largest absolute Gasteiger partial charge is 0.493 e. The van der Waals surface area contributed by atoms with E-state index in [0.717, 1.165) is 43.6 Å². The monoisotopic (exact) mass is 314 g/mol. The van der Waals surface area contributed by atoms with Crippen molar-refractivity contribution >= 4 is 5.57 Å². The van der Waals surface area contributed by atoms with Crippen molar-refractivity contribution in [3.63, 3.8) is 0 Å². The first-order chi connectivity index (χ1) is 11.2. The minimum absolute atomic E-state index is 0.0973. The highest BCUT2D eigenvalue weighted by Crippen LogP contribution is 2.47. The molecule has 0 saturated heterocycles. The Balaban J connectivity index is 1.56. The molecule has 1 N–H and O–H groups in total. The minimum atomic E-state index is -0.0973. The minimum Gasteiger partial charge on any atom is -0.493 e. The lowest BCUT2D eigenvalue weighted by molar-refractivity contribution is 0.176. The first-order valence-corrected chi connectivity index (χ1v) is 8.97. The summed E-state index contributed by atoms with van der Waals surface area (Å²) in [6, 6.07) is 6.33. The zero-order valence-electron chi connectivity index (χ0n) is 13.8. The molecular weight excluding hydrogens is 288 g/mol. The smallest absolute Gasteiger partial charge is 0.162 e. The van der Waals surface area contributed by atoms with E-state index in [1.54, 1.807) is 7.11 Å². The van der Waals surface area contributed by atoms with Crippen molar-refractivity contribution in [1.29, 1.82) is 0 Å². The van der Waals surface area contributed by atoms with Gasteiger partial charge >= 0.3 is 0 Å². The predicted octanol–water partition coefficient (Wildman–Crippen LogP) is 4.19. The molecule has 1 aromatic rings. The summed E-state index contributed by atoms with van der Waals surface area (Å²) in [4.78, 5) is 0. The lowest BCUT2D eigenvalue weighted by Gasteiger charge is -2.17. The van der Waals surface area contributed by atoms with E-state index >= 15 is 0 Å². The van der Waals surface area contributed by atoms with Crippen LogP contribution in [0.25, 0.3) is 5.57 Å². The SMILES string of the molecule is COc1ccc(C2=C[C@H]3C[C@@H](O)C[C@H]3C2)cc1OC1CCCC1. The lowest BCUT2D eigenvalue weighted by Crippen LogP contribution is -2.11. The Hall–Kier alpha value is -1.48. The molecule has 0 heterocycles. The van der Waals surface area contributed by atoms with Crippen molar-refractivity contribution in [2.75, 3.05) is 7.11 Å². The van der Waals surface area contributed by atoms with Gasteiger partial charge in [-0.1, -0.05) is 12.1 Å². The Morgan fingerprint density at radius 2 is 1.91 bits per heavy atom. The maximum atomic E-state index is 9.80. The molecule has 0 radical (unpaired) electrons. The van der Waals surface area contributed by atoms with E-state index in [-0.39, 0.29) is 6.10 Å². The van der Waals surface area contributed by atoms with Gasteiger partial charge in [-0.25, -0.2) is 0 Å². The van der Waals surface area contributed by atoms with Crippen molar-refractivity contribution in [1.82, 2.24) is 0 Å². The summed E-state index contributed by atoms with van der Waals surface area (Å²) in [5, 5.41) is 9.80. The summed E-state index contributed by atoms with van der Waals surface area (Å²) in [7, 11) is 1.71. The molecule has 3 nitrogen and oxygen atoms in total. The third-order valence-electron chi connectivity index (χ3n) is 5.75. The highest BCUT2D eigenvalue weighted by atomic mass is 16.5. The molecule has 0 unspecified atom stereocenters. The number of hydrogen-bond acceptors (Lipinski definition) is 3. The molecule has 0 amide bonds. The van der Waals surface area contributed by atoms with Crippen molar-refractivity contribution in [3.05, 3.63) is 29.8 Å². The summed E-state index contributed by atoms with van der Waals surface area (Å²) in [6.07, 6.45) is 10.4. The highest BCUT2D eigenvalue weighted by molar-refractivity contribution is 5.70. The van der Waals surface area contributed by atoms with Crippen LogP contribution in [-0.4, -0.2) is 24.4 Å². The van der Waals surface area contributed by atoms with E-state index in [2.05, 4.69) is 18.2 Å². The van der Waals surface area contributed by atoms with Crippen LogP contribution >= 0.6 is 0 Å². The quantitative estimate of drug-likeness (QED) is 0.905. The maximum Gasteiger partial charge on any atom is 0.162 e. The van der Waals surface area contributed by atoms with Gasteiger partial charge in [0.05, 0.1) is 19.3 Å². The summed E-state index contributed by atoms with van der Waals surface area (Å²) in [6.45, 7) is 0. The van der Waals surface area contributed by atoms with Crippen LogP contribution in [0.5, 0.6) is 11.5 Å². The summed E-state index contributed by atoms with van der Waals surface area (Å²) >= 11 is 0. The number of hydrogen-bond donors (Lipinski definition) is 1. The number of benzene rings is 1. The van der Waals surface area contributed by atoms with E-state index in [1.165, 1.54) is 24.0 Å². The van der Waals surface area contributed by atoms with E-state index in [4.69, 9.17) is 9.47 Å². The van der Waals surface area contributed by atoms with Crippen LogP contribution in [0.3, 0.4) is 0 Å². The van der Waals surface area contributed by atoms with Crippen LogP contribution in [0.4, 0.5) is 0 Å². The normalized spacial score (nSPS) is 30.3. The van der Waals surface area contributed by atoms with Crippen molar-refractivity contribution < 1.29 is 14.6 Å². The lowest BCUT2D eigenvalue weighted by atomic mass is 9.98. The summed E-state index contributed by atoms with van der Waals surface area (Å²) in [5.74, 6) is 2.90. The Labute approximate surface area is 138 Å². The first-order valence-electron chi connectivity index (χ1n) is 8.97. The second-order valence-electron chi connectivity index (χ2n) is 7.34. The van der Waals surface area contributed by atoms with Gasteiger partial charge in [-0.05, 0) is 80.1 Å². The molecule has 3 heteroatoms. The number of fused-ring (bicyclic) bond motifs is 1. The van der Waals surface area contributed by atoms with Crippen molar-refractivity contribution in [3.8, 4) is 11.5 Å². The van der Waals surface area contributed by atoms with E-state index in [0.29, 0.717) is 17.9 Å². The predicted molar refractivity (Wildman–Crippen MR) is 90.7 cm³/mol. The zero-order chi connectivity index (χ0) is 15.8. The summed E-state index contributed by atoms with van der Waals surface area (Å²) in [5.41, 5.74) is 2.66. The average molecular weight is 314 g/mol. The Morgan fingerprint density at radius 1 is 1.09 bits per heavy atom. The third kappa shape index (κ3) is 2.99. The van der Waals surface area contributed by atoms with Crippen molar-refractivity contribution in [2.24, 2.45) is 11.8 Å². The van der Waals surface area contributed by atoms with Crippen LogP contribution in [-0.2, 0) is 0 Å². The Bertz CT molecular complexity index is 601. The molecule has 3 aliphatic carbocycles. The second kappa shape index (κ2) is 6.20. The highest BCUT2D eigenvalue weighted by Gasteiger charge is 2.36. The number of rotatable bonds is 4. The Kier molecular flexibility index (Phi) is 4.06. The number of aliphatic hydroxyl groups excluding tert-OH is 1. The third-order valence-corrected chi connectivity index (χ3v) is 5.75. The van der Waals surface area contributed by atoms with Crippen LogP contribution in [0.2, 0.25) is 0 Å². The second-order valence-corrected chi connectivity index (χ2v) is 7.34. The molecule has 0 aliphatic heterocycles. The van der Waals surface area contributed by atoms with Gasteiger partial charge < -0.3 is 14.6 Å². The fourth-order valence-electron chi connectivity index (χ4n) is 4.54. The molecule has 0 spiro atoms. The molecule has 23 heavy (non-hydrogen) atoms. The van der Waals surface area contributed by atoms with E-state index in [1.807, 2.05) is 6.07 Å². The summed E-state index contributed by atoms with van der Waals surface area (Å²) < 4.78 is 11.7. The molecule has 2 saturated carbocycles. The van der Waals surface area contributed by atoms with Gasteiger partial charge in [0.25, 0.3) is 0 Å². The van der Waals surface area contributed by atoms with Crippen LogP contribution < -0.4 is 9.47 Å². The molecule has 3 atom stereocenters. The number of allylic oxidation sites excluding steroid dienone is 2. The van der Waals surface area contributed by atoms with Gasteiger partial charge in [0.1, 0.15) is 0 Å². The topological polar surface area (TPSA) is 38.7 Å². The van der Waals surface area contributed by atoms with Gasteiger partial charge in [-0.2, -0.15) is 0 Å². The van der Waals surface area contributed by atoms with E-state index in [9.17, 15) is 5.11 Å². The standard InChI is InChI=1S/C20H26O3/c1-22-19-7-6-13(12-20(19)23-18-4-2-3-5-18)14-8-15-10-17(21)11-16(15)9-14/h6-8,12,15-18,21H,2-5,9-11H2,1H3/t15-,16+,17+/m0/s1. The van der Waals surface area contributed by atoms with Gasteiger partial charge in [-0.3, -0.25) is 0 Å². The van der Waals surface area contributed by atoms with Crippen LogP contribution in [0.15, 0.2) is 24.3 Å². The average Bonchev–Trinajstić information content (AvgIpc) is 3.23. The molecular formula is C20H26O3. The van der Waals surface area contributed by atoms with Crippen LogP contribution in [0.1, 0.15) is 50.5 Å². The zero-order valence-corrected chi connectivity index (χ0v) is 13.8. The molecule has 4 rings (SSSR count). The molecule has 2 fully saturated rings. The van der Waals surface area contributed by atoms with E-state index < -0.39 is 0 Å². The molecule has 3 aliphatic rings. The molecule has 124 valence electrons. The molecule has 0 aromatic heterocycles. The maximum absolute atomic E-state index is 9.80. The van der Waals surface area contributed by atoms with Gasteiger partial charge in [0.15, 0.2) is 11.5 Å². The van der Waals surface area contributed by atoms with Crippen LogP contribution in [0, 0.1) is 11.8 Å². The fraction of sp³-hybridized carbons (Fsp3) is 0.600. The fourth-order valence-corrected chi connectivity index (χ4v) is 4.54. The van der Waals surface area contributed by atoms with Gasteiger partial charge in [0.2, 0.25) is 0 Å². The van der Waals surface area contributed by atoms with Gasteiger partial charge in [0, 0.05) is 0 Å². The van der Waals surface area contributed by atoms with Crippen molar-refractivity contribution in [2.45, 2.75) is 57.2 Å². The number of methoxy groups -OCH3 is 1.